The summed E-state index contributed by atoms with van der Waals surface area (Å²) < 4.78 is 1.77. The lowest BCUT2D eigenvalue weighted by atomic mass is 10.2. The predicted octanol–water partition coefficient (Wildman–Crippen LogP) is 2.60. The number of nitrogens with one attached hydrogen (secondary N) is 1. The van der Waals surface area contributed by atoms with Gasteiger partial charge in [0.15, 0.2) is 10.8 Å². The Morgan fingerprint density at radius 1 is 1.32 bits per heavy atom. The number of rotatable bonds is 5. The highest BCUT2D eigenvalue weighted by Crippen LogP contribution is 2.14. The third-order valence-electron chi connectivity index (χ3n) is 3.22. The number of hydrogen-bond donors (Lipinski definition) is 1. The summed E-state index contributed by atoms with van der Waals surface area (Å²) in [6.07, 6.45) is 2.33. The zero-order valence-electron chi connectivity index (χ0n) is 12.1. The summed E-state index contributed by atoms with van der Waals surface area (Å²) in [5, 5.41) is 13.3. The monoisotopic (exact) mass is 313 g/mol. The Hall–Kier alpha value is -2.54. The molecule has 22 heavy (non-hydrogen) atoms. The average molecular weight is 313 g/mol. The first kappa shape index (κ1) is 14.4. The molecule has 0 aliphatic carbocycles. The Kier molecular flexibility index (Phi) is 4.24. The molecule has 7 heteroatoms. The number of carbonyl (C=O) groups excluding carboxylic acids is 1. The van der Waals surface area contributed by atoms with E-state index in [2.05, 4.69) is 20.6 Å². The van der Waals surface area contributed by atoms with Crippen LogP contribution in [0.2, 0.25) is 0 Å². The van der Waals surface area contributed by atoms with Crippen molar-refractivity contribution in [1.82, 2.24) is 20.0 Å². The zero-order valence-corrected chi connectivity index (χ0v) is 12.9. The first-order valence-electron chi connectivity index (χ1n) is 6.95. The van der Waals surface area contributed by atoms with E-state index in [-0.39, 0.29) is 5.91 Å². The summed E-state index contributed by atoms with van der Waals surface area (Å²) >= 11 is 1.37. The van der Waals surface area contributed by atoms with Crippen LogP contribution in [0, 0.1) is 0 Å². The molecular weight excluding hydrogens is 298 g/mol. The Balaban J connectivity index is 1.82. The Labute approximate surface area is 131 Å². The summed E-state index contributed by atoms with van der Waals surface area (Å²) in [4.78, 5) is 16.3. The maximum absolute atomic E-state index is 12.3. The van der Waals surface area contributed by atoms with Gasteiger partial charge in [0.25, 0.3) is 5.91 Å². The Morgan fingerprint density at radius 2 is 2.14 bits per heavy atom. The van der Waals surface area contributed by atoms with Gasteiger partial charge in [0.1, 0.15) is 0 Å². The molecular formula is C15H15N5OS. The summed E-state index contributed by atoms with van der Waals surface area (Å²) in [6.45, 7) is 2.59. The molecule has 6 nitrogen and oxygen atoms in total. The number of benzene rings is 1. The summed E-state index contributed by atoms with van der Waals surface area (Å²) in [6, 6.07) is 9.98. The second-order valence-corrected chi connectivity index (χ2v) is 5.57. The van der Waals surface area contributed by atoms with Gasteiger partial charge in [-0.1, -0.05) is 42.5 Å². The second-order valence-electron chi connectivity index (χ2n) is 4.67. The number of anilines is 1. The smallest absolute Gasteiger partial charge is 0.279 e. The van der Waals surface area contributed by atoms with Crippen LogP contribution >= 0.6 is 11.3 Å². The SMILES string of the molecule is CCc1c(C(=O)Nc2nccs2)nnn1Cc1ccccc1. The fourth-order valence-electron chi connectivity index (χ4n) is 2.18. The van der Waals surface area contributed by atoms with E-state index in [1.165, 1.54) is 11.3 Å². The quantitative estimate of drug-likeness (QED) is 0.786. The molecule has 0 fully saturated rings. The predicted molar refractivity (Wildman–Crippen MR) is 85.0 cm³/mol. The van der Waals surface area contributed by atoms with Gasteiger partial charge in [-0.05, 0) is 12.0 Å². The van der Waals surface area contributed by atoms with Gasteiger partial charge in [0.2, 0.25) is 0 Å². The molecule has 0 saturated heterocycles. The summed E-state index contributed by atoms with van der Waals surface area (Å²) in [5.41, 5.74) is 2.29. The van der Waals surface area contributed by atoms with E-state index < -0.39 is 0 Å². The molecule has 0 bridgehead atoms. The van der Waals surface area contributed by atoms with Crippen LogP contribution in [0.3, 0.4) is 0 Å². The lowest BCUT2D eigenvalue weighted by Gasteiger charge is -2.06. The second kappa shape index (κ2) is 6.48. The van der Waals surface area contributed by atoms with Crippen molar-refractivity contribution in [2.45, 2.75) is 19.9 Å². The van der Waals surface area contributed by atoms with Gasteiger partial charge >= 0.3 is 0 Å². The molecule has 0 spiro atoms. The van der Waals surface area contributed by atoms with E-state index in [4.69, 9.17) is 0 Å². The minimum Gasteiger partial charge on any atom is -0.296 e. The highest BCUT2D eigenvalue weighted by molar-refractivity contribution is 7.13. The van der Waals surface area contributed by atoms with Crippen LogP contribution < -0.4 is 5.32 Å². The molecule has 1 N–H and O–H groups in total. The highest BCUT2D eigenvalue weighted by atomic mass is 32.1. The van der Waals surface area contributed by atoms with E-state index in [9.17, 15) is 4.79 Å². The molecule has 0 saturated carbocycles. The van der Waals surface area contributed by atoms with Crippen molar-refractivity contribution < 1.29 is 4.79 Å². The molecule has 0 unspecified atom stereocenters. The largest absolute Gasteiger partial charge is 0.296 e. The summed E-state index contributed by atoms with van der Waals surface area (Å²) in [7, 11) is 0. The van der Waals surface area contributed by atoms with Crippen molar-refractivity contribution in [1.29, 1.82) is 0 Å². The average Bonchev–Trinajstić information content (AvgIpc) is 3.17. The zero-order chi connectivity index (χ0) is 15.4. The van der Waals surface area contributed by atoms with E-state index in [0.29, 0.717) is 23.8 Å². The highest BCUT2D eigenvalue weighted by Gasteiger charge is 2.19. The number of thiazole rings is 1. The number of carbonyl (C=O) groups is 1. The van der Waals surface area contributed by atoms with Gasteiger partial charge in [-0.2, -0.15) is 0 Å². The van der Waals surface area contributed by atoms with Crippen molar-refractivity contribution in [3.63, 3.8) is 0 Å². The normalized spacial score (nSPS) is 10.6. The minimum atomic E-state index is -0.272. The van der Waals surface area contributed by atoms with Crippen molar-refractivity contribution in [3.05, 3.63) is 58.9 Å². The van der Waals surface area contributed by atoms with E-state index in [1.807, 2.05) is 42.6 Å². The van der Waals surface area contributed by atoms with Gasteiger partial charge in [0, 0.05) is 11.6 Å². The van der Waals surface area contributed by atoms with Gasteiger partial charge in [-0.25, -0.2) is 9.67 Å². The molecule has 2 aromatic heterocycles. The van der Waals surface area contributed by atoms with E-state index in [0.717, 1.165) is 11.3 Å². The van der Waals surface area contributed by atoms with Crippen molar-refractivity contribution in [3.8, 4) is 0 Å². The standard InChI is InChI=1S/C15H15N5OS/c1-2-12-13(14(21)17-15-16-8-9-22-15)18-19-20(12)10-11-6-4-3-5-7-11/h3-9H,2,10H2,1H3,(H,16,17,21). The number of aromatic nitrogens is 4. The van der Waals surface area contributed by atoms with Crippen LogP contribution in [0.15, 0.2) is 41.9 Å². The van der Waals surface area contributed by atoms with E-state index >= 15 is 0 Å². The molecule has 1 aromatic carbocycles. The minimum absolute atomic E-state index is 0.272. The maximum atomic E-state index is 12.3. The first-order chi connectivity index (χ1) is 10.8. The topological polar surface area (TPSA) is 72.7 Å². The molecule has 3 aromatic rings. The fraction of sp³-hybridized carbons (Fsp3) is 0.200. The number of nitrogens with zero attached hydrogens (tertiary/aromatic N) is 4. The fourth-order valence-corrected chi connectivity index (χ4v) is 2.71. The molecule has 0 atom stereocenters. The first-order valence-corrected chi connectivity index (χ1v) is 7.83. The third kappa shape index (κ3) is 3.04. The van der Waals surface area contributed by atoms with Crippen LogP contribution in [0.5, 0.6) is 0 Å². The van der Waals surface area contributed by atoms with Crippen molar-refractivity contribution >= 4 is 22.4 Å². The molecule has 1 amide bonds. The van der Waals surface area contributed by atoms with Gasteiger partial charge in [-0.15, -0.1) is 16.4 Å². The van der Waals surface area contributed by atoms with Crippen molar-refractivity contribution in [2.75, 3.05) is 5.32 Å². The molecule has 0 aliphatic heterocycles. The van der Waals surface area contributed by atoms with Crippen LogP contribution in [-0.4, -0.2) is 25.9 Å². The van der Waals surface area contributed by atoms with Crippen LogP contribution in [0.4, 0.5) is 5.13 Å². The van der Waals surface area contributed by atoms with Crippen LogP contribution in [0.25, 0.3) is 0 Å². The van der Waals surface area contributed by atoms with Crippen LogP contribution in [0.1, 0.15) is 28.7 Å². The van der Waals surface area contributed by atoms with E-state index in [1.54, 1.807) is 10.9 Å². The lowest BCUT2D eigenvalue weighted by Crippen LogP contribution is -2.15. The van der Waals surface area contributed by atoms with Gasteiger partial charge in [0.05, 0.1) is 12.2 Å². The third-order valence-corrected chi connectivity index (χ3v) is 3.90. The Morgan fingerprint density at radius 3 is 2.82 bits per heavy atom. The maximum Gasteiger partial charge on any atom is 0.279 e. The number of hydrogen-bond acceptors (Lipinski definition) is 5. The van der Waals surface area contributed by atoms with Gasteiger partial charge < -0.3 is 0 Å². The summed E-state index contributed by atoms with van der Waals surface area (Å²) in [5.74, 6) is -0.272. The molecule has 3 rings (SSSR count). The molecule has 2 heterocycles. The van der Waals surface area contributed by atoms with Crippen LogP contribution in [-0.2, 0) is 13.0 Å². The van der Waals surface area contributed by atoms with Gasteiger partial charge in [-0.3, -0.25) is 10.1 Å². The molecule has 112 valence electrons. The Bertz CT molecular complexity index is 752. The molecule has 0 aliphatic rings. The molecule has 0 radical (unpaired) electrons. The lowest BCUT2D eigenvalue weighted by molar-refractivity contribution is 0.102. The number of amides is 1. The van der Waals surface area contributed by atoms with Crippen molar-refractivity contribution in [2.24, 2.45) is 0 Å².